The van der Waals surface area contributed by atoms with Gasteiger partial charge >= 0.3 is 6.18 Å². The molecule has 0 radical (unpaired) electrons. The van der Waals surface area contributed by atoms with Crippen molar-refractivity contribution in [3.8, 4) is 0 Å². The van der Waals surface area contributed by atoms with Crippen LogP contribution in [0.4, 0.5) is 33.3 Å². The Morgan fingerprint density at radius 1 is 1.03 bits per heavy atom. The molecule has 1 atom stereocenters. The predicted molar refractivity (Wildman–Crippen MR) is 128 cm³/mol. The smallest absolute Gasteiger partial charge is 0.379 e. The van der Waals surface area contributed by atoms with E-state index in [-0.39, 0.29) is 27.5 Å². The standard InChI is InChI=1S/C26H20ClF5N2O3/c1-24(37)20-14-16(27)8-11-21(20)34(13-12-25(24,28)29)23(36)15-6-9-17(10-7-15)33-22(35)18-4-2-3-5-19(18)26(30,31)32/h2-11,14,37H,12-13H2,1H3,(H,33,35)/t24-/m1/s1. The minimum Gasteiger partial charge on any atom is -0.379 e. The van der Waals surface area contributed by atoms with Gasteiger partial charge in [0.15, 0.2) is 5.60 Å². The number of alkyl halides is 5. The van der Waals surface area contributed by atoms with Crippen LogP contribution >= 0.6 is 11.6 Å². The number of rotatable bonds is 3. The second-order valence-corrected chi connectivity index (χ2v) is 9.16. The lowest BCUT2D eigenvalue weighted by atomic mass is 9.87. The molecular formula is C26H20ClF5N2O3. The molecule has 194 valence electrons. The van der Waals surface area contributed by atoms with Crippen LogP contribution in [0.2, 0.25) is 5.02 Å². The van der Waals surface area contributed by atoms with Gasteiger partial charge in [0.25, 0.3) is 17.7 Å². The molecule has 37 heavy (non-hydrogen) atoms. The third-order valence-corrected chi connectivity index (χ3v) is 6.48. The summed E-state index contributed by atoms with van der Waals surface area (Å²) in [6, 6.07) is 13.5. The fourth-order valence-electron chi connectivity index (χ4n) is 4.14. The van der Waals surface area contributed by atoms with Crippen LogP contribution in [0, 0.1) is 0 Å². The van der Waals surface area contributed by atoms with Crippen molar-refractivity contribution in [2.24, 2.45) is 0 Å². The van der Waals surface area contributed by atoms with Crippen LogP contribution in [0.1, 0.15) is 45.2 Å². The number of hydrogen-bond acceptors (Lipinski definition) is 3. The van der Waals surface area contributed by atoms with Gasteiger partial charge in [-0.3, -0.25) is 9.59 Å². The summed E-state index contributed by atoms with van der Waals surface area (Å²) in [5, 5.41) is 13.1. The van der Waals surface area contributed by atoms with Gasteiger partial charge in [0.2, 0.25) is 0 Å². The van der Waals surface area contributed by atoms with Crippen molar-refractivity contribution in [1.29, 1.82) is 0 Å². The quantitative estimate of drug-likeness (QED) is 0.374. The van der Waals surface area contributed by atoms with Gasteiger partial charge in [0, 0.05) is 34.8 Å². The van der Waals surface area contributed by atoms with Crippen LogP contribution in [0.15, 0.2) is 66.7 Å². The summed E-state index contributed by atoms with van der Waals surface area (Å²) >= 11 is 5.98. The fourth-order valence-corrected chi connectivity index (χ4v) is 4.31. The van der Waals surface area contributed by atoms with Gasteiger partial charge in [-0.2, -0.15) is 13.2 Å². The molecule has 2 N–H and O–H groups in total. The maximum Gasteiger partial charge on any atom is 0.417 e. The number of benzene rings is 3. The molecule has 0 aromatic heterocycles. The van der Waals surface area contributed by atoms with E-state index >= 15 is 0 Å². The first-order chi connectivity index (χ1) is 17.2. The molecule has 3 aromatic rings. The Hall–Kier alpha value is -3.50. The van der Waals surface area contributed by atoms with E-state index in [1.165, 1.54) is 54.6 Å². The van der Waals surface area contributed by atoms with Crippen molar-refractivity contribution in [3.05, 3.63) is 94.0 Å². The summed E-state index contributed by atoms with van der Waals surface area (Å²) in [5.41, 5.74) is -4.19. The van der Waals surface area contributed by atoms with E-state index in [2.05, 4.69) is 5.32 Å². The zero-order valence-electron chi connectivity index (χ0n) is 19.2. The number of nitrogens with one attached hydrogen (secondary N) is 1. The van der Waals surface area contributed by atoms with Crippen LogP contribution < -0.4 is 10.2 Å². The van der Waals surface area contributed by atoms with Gasteiger partial charge in [-0.15, -0.1) is 0 Å². The number of amides is 2. The van der Waals surface area contributed by atoms with Gasteiger partial charge in [-0.05, 0) is 61.5 Å². The van der Waals surface area contributed by atoms with E-state index in [4.69, 9.17) is 11.6 Å². The number of anilines is 2. The van der Waals surface area contributed by atoms with Crippen molar-refractivity contribution in [3.63, 3.8) is 0 Å². The highest BCUT2D eigenvalue weighted by Gasteiger charge is 2.53. The average Bonchev–Trinajstić information content (AvgIpc) is 2.91. The van der Waals surface area contributed by atoms with E-state index in [1.807, 2.05) is 0 Å². The molecule has 0 spiro atoms. The molecule has 1 aliphatic heterocycles. The zero-order valence-corrected chi connectivity index (χ0v) is 20.0. The van der Waals surface area contributed by atoms with Crippen LogP contribution in [-0.4, -0.2) is 29.4 Å². The molecule has 11 heteroatoms. The van der Waals surface area contributed by atoms with Crippen LogP contribution in [-0.2, 0) is 11.8 Å². The Morgan fingerprint density at radius 3 is 2.32 bits per heavy atom. The van der Waals surface area contributed by atoms with Crippen molar-refractivity contribution in [2.75, 3.05) is 16.8 Å². The lowest BCUT2D eigenvalue weighted by Crippen LogP contribution is -2.42. The summed E-state index contributed by atoms with van der Waals surface area (Å²) in [6.45, 7) is 0.563. The van der Waals surface area contributed by atoms with Crippen molar-refractivity contribution in [2.45, 2.75) is 31.0 Å². The first kappa shape index (κ1) is 26.6. The first-order valence-corrected chi connectivity index (χ1v) is 11.4. The second-order valence-electron chi connectivity index (χ2n) is 8.72. The third kappa shape index (κ3) is 5.03. The number of aliphatic hydroxyl groups is 1. The molecule has 0 fully saturated rings. The molecule has 0 bridgehead atoms. The summed E-state index contributed by atoms with van der Waals surface area (Å²) in [5.74, 6) is -5.20. The lowest BCUT2D eigenvalue weighted by molar-refractivity contribution is -0.177. The van der Waals surface area contributed by atoms with E-state index in [1.54, 1.807) is 0 Å². The molecular weight excluding hydrogens is 519 g/mol. The van der Waals surface area contributed by atoms with Gasteiger partial charge in [0.05, 0.1) is 16.8 Å². The van der Waals surface area contributed by atoms with E-state index in [0.717, 1.165) is 24.0 Å². The fraction of sp³-hybridized carbons (Fsp3) is 0.231. The molecule has 0 saturated carbocycles. The monoisotopic (exact) mass is 538 g/mol. The number of fused-ring (bicyclic) bond motifs is 1. The summed E-state index contributed by atoms with van der Waals surface area (Å²) in [4.78, 5) is 26.9. The Balaban J connectivity index is 1.60. The topological polar surface area (TPSA) is 69.6 Å². The van der Waals surface area contributed by atoms with Gasteiger partial charge in [-0.1, -0.05) is 23.7 Å². The Bertz CT molecular complexity index is 1360. The molecule has 0 saturated heterocycles. The molecule has 2 amide bonds. The van der Waals surface area contributed by atoms with E-state index < -0.39 is 53.6 Å². The maximum absolute atomic E-state index is 14.8. The minimum atomic E-state index is -4.72. The van der Waals surface area contributed by atoms with Gasteiger partial charge < -0.3 is 15.3 Å². The summed E-state index contributed by atoms with van der Waals surface area (Å²) < 4.78 is 69.2. The second kappa shape index (κ2) is 9.42. The number of carbonyl (C=O) groups is 2. The maximum atomic E-state index is 14.8. The minimum absolute atomic E-state index is 0.0673. The highest BCUT2D eigenvalue weighted by atomic mass is 35.5. The first-order valence-electron chi connectivity index (χ1n) is 11.0. The van der Waals surface area contributed by atoms with Crippen molar-refractivity contribution in [1.82, 2.24) is 0 Å². The number of carbonyl (C=O) groups excluding carboxylic acids is 2. The normalized spacial score (nSPS) is 19.1. The SMILES string of the molecule is C[C@@]1(O)c2cc(Cl)ccc2N(C(=O)c2ccc(NC(=O)c3ccccc3C(F)(F)F)cc2)CCC1(F)F. The Morgan fingerprint density at radius 2 is 1.68 bits per heavy atom. The summed E-state index contributed by atoms with van der Waals surface area (Å²) in [7, 11) is 0. The molecule has 3 aromatic carbocycles. The zero-order chi connectivity index (χ0) is 27.2. The summed E-state index contributed by atoms with van der Waals surface area (Å²) in [6.07, 6.45) is -5.54. The molecule has 1 aliphatic rings. The highest BCUT2D eigenvalue weighted by Crippen LogP contribution is 2.47. The Labute approximate surface area is 213 Å². The number of halogens is 6. The molecule has 4 rings (SSSR count). The number of hydrogen-bond donors (Lipinski definition) is 2. The largest absolute Gasteiger partial charge is 0.417 e. The van der Waals surface area contributed by atoms with Crippen LogP contribution in [0.3, 0.4) is 0 Å². The molecule has 0 aliphatic carbocycles. The van der Waals surface area contributed by atoms with Crippen LogP contribution in [0.25, 0.3) is 0 Å². The predicted octanol–water partition coefficient (Wildman–Crippen LogP) is 6.50. The molecule has 0 unspecified atom stereocenters. The Kier molecular flexibility index (Phi) is 6.76. The number of nitrogens with zero attached hydrogens (tertiary/aromatic N) is 1. The third-order valence-electron chi connectivity index (χ3n) is 6.25. The molecule has 1 heterocycles. The van der Waals surface area contributed by atoms with Gasteiger partial charge in [0.1, 0.15) is 0 Å². The lowest BCUT2D eigenvalue weighted by Gasteiger charge is -2.32. The van der Waals surface area contributed by atoms with Crippen molar-refractivity contribution >= 4 is 34.8 Å². The van der Waals surface area contributed by atoms with Gasteiger partial charge in [-0.25, -0.2) is 8.78 Å². The average molecular weight is 539 g/mol. The van der Waals surface area contributed by atoms with E-state index in [0.29, 0.717) is 0 Å². The van der Waals surface area contributed by atoms with E-state index in [9.17, 15) is 36.6 Å². The van der Waals surface area contributed by atoms with Crippen molar-refractivity contribution < 1.29 is 36.6 Å². The highest BCUT2D eigenvalue weighted by molar-refractivity contribution is 6.30. The molecule has 5 nitrogen and oxygen atoms in total. The van der Waals surface area contributed by atoms with Crippen LogP contribution in [0.5, 0.6) is 0 Å².